The van der Waals surface area contributed by atoms with Crippen LogP contribution in [0.1, 0.15) is 17.2 Å². The van der Waals surface area contributed by atoms with Gasteiger partial charge in [-0.25, -0.2) is 4.39 Å². The van der Waals surface area contributed by atoms with Crippen molar-refractivity contribution in [2.24, 2.45) is 0 Å². The number of rotatable bonds is 5. The van der Waals surface area contributed by atoms with Crippen LogP contribution in [-0.4, -0.2) is 11.8 Å². The summed E-state index contributed by atoms with van der Waals surface area (Å²) in [5, 5.41) is 5.54. The molecule has 0 fully saturated rings. The van der Waals surface area contributed by atoms with E-state index in [1.54, 1.807) is 48.5 Å². The number of amides is 2. The van der Waals surface area contributed by atoms with Crippen LogP contribution in [0.5, 0.6) is 5.75 Å². The lowest BCUT2D eigenvalue weighted by atomic mass is 10.1. The number of anilines is 2. The van der Waals surface area contributed by atoms with Gasteiger partial charge >= 0.3 is 0 Å². The molecule has 0 saturated carbocycles. The second kappa shape index (κ2) is 8.05. The van der Waals surface area contributed by atoms with Crippen LogP contribution in [0.2, 0.25) is 0 Å². The summed E-state index contributed by atoms with van der Waals surface area (Å²) in [5.41, 5.74) is 2.64. The quantitative estimate of drug-likeness (QED) is 0.579. The molecule has 1 unspecified atom stereocenters. The number of carbonyl (C=O) groups excluding carboxylic acids is 2. The summed E-state index contributed by atoms with van der Waals surface area (Å²) in [5.74, 6) is -1.14. The van der Waals surface area contributed by atoms with Crippen molar-refractivity contribution in [3.63, 3.8) is 0 Å². The molecule has 1 aliphatic heterocycles. The number of hydrogen-bond acceptors (Lipinski definition) is 3. The maximum atomic E-state index is 14.3. The highest BCUT2D eigenvalue weighted by Crippen LogP contribution is 2.30. The van der Waals surface area contributed by atoms with Gasteiger partial charge in [-0.15, -0.1) is 0 Å². The molecule has 4 rings (SSSR count). The number of hydrogen-bond donors (Lipinski definition) is 2. The molecule has 0 spiro atoms. The van der Waals surface area contributed by atoms with Crippen LogP contribution < -0.4 is 15.4 Å². The van der Waals surface area contributed by atoms with E-state index in [4.69, 9.17) is 4.74 Å². The topological polar surface area (TPSA) is 67.4 Å². The maximum absolute atomic E-state index is 14.3. The molecule has 1 heterocycles. The van der Waals surface area contributed by atoms with E-state index < -0.39 is 17.8 Å². The molecule has 0 radical (unpaired) electrons. The van der Waals surface area contributed by atoms with Crippen molar-refractivity contribution in [2.75, 3.05) is 10.6 Å². The van der Waals surface area contributed by atoms with Crippen LogP contribution in [0.3, 0.4) is 0 Å². The molecule has 1 aliphatic rings. The van der Waals surface area contributed by atoms with Gasteiger partial charge in [-0.2, -0.15) is 0 Å². The van der Waals surface area contributed by atoms with Crippen LogP contribution in [0.15, 0.2) is 71.2 Å². The lowest BCUT2D eigenvalue weighted by Crippen LogP contribution is -2.26. The Morgan fingerprint density at radius 3 is 2.66 bits per heavy atom. The van der Waals surface area contributed by atoms with Crippen molar-refractivity contribution >= 4 is 39.1 Å². The third-order valence-corrected chi connectivity index (χ3v) is 4.97. The highest BCUT2D eigenvalue weighted by atomic mass is 79.9. The van der Waals surface area contributed by atoms with Crippen LogP contribution in [0.4, 0.5) is 15.8 Å². The Bertz CT molecular complexity index is 1090. The second-order valence-electron chi connectivity index (χ2n) is 6.57. The largest absolute Gasteiger partial charge is 0.473 e. The van der Waals surface area contributed by atoms with E-state index >= 15 is 0 Å². The van der Waals surface area contributed by atoms with Crippen molar-refractivity contribution < 1.29 is 18.7 Å². The molecule has 146 valence electrons. The molecule has 29 heavy (non-hydrogen) atoms. The molecule has 1 atom stereocenters. The lowest BCUT2D eigenvalue weighted by Gasteiger charge is -2.20. The molecule has 0 aromatic heterocycles. The number of nitrogens with one attached hydrogen (secondary N) is 2. The number of benzene rings is 3. The third-order valence-electron chi connectivity index (χ3n) is 4.48. The Hall–Kier alpha value is -3.19. The Kier molecular flexibility index (Phi) is 5.31. The highest BCUT2D eigenvalue weighted by Gasteiger charge is 2.25. The molecular formula is C22H16BrFN2O3. The smallest absolute Gasteiger partial charge is 0.270 e. The molecule has 7 heteroatoms. The van der Waals surface area contributed by atoms with E-state index in [2.05, 4.69) is 26.6 Å². The van der Waals surface area contributed by atoms with Crippen molar-refractivity contribution in [3.8, 4) is 5.75 Å². The van der Waals surface area contributed by atoms with Crippen LogP contribution >= 0.6 is 15.9 Å². The van der Waals surface area contributed by atoms with Crippen molar-refractivity contribution in [2.45, 2.75) is 12.5 Å². The molecule has 2 amide bonds. The Labute approximate surface area is 175 Å². The minimum Gasteiger partial charge on any atom is -0.473 e. The number of fused-ring (bicyclic) bond motifs is 1. The predicted octanol–water partition coefficient (Wildman–Crippen LogP) is 4.84. The first-order valence-corrected chi connectivity index (χ1v) is 9.69. The Morgan fingerprint density at radius 1 is 1.10 bits per heavy atom. The first kappa shape index (κ1) is 19.1. The summed E-state index contributed by atoms with van der Waals surface area (Å²) in [6.45, 7) is 0. The van der Waals surface area contributed by atoms with Gasteiger partial charge in [-0.3, -0.25) is 9.59 Å². The standard InChI is InChI=1S/C22H16BrFN2O3/c23-15-7-9-19(17(24)11-15)29-21(13-4-2-1-3-5-13)22(28)25-16-8-6-14-10-20(27)26-18(14)12-16/h1-9,11-12,21H,10H2,(H,25,28)(H,26,27). The third kappa shape index (κ3) is 4.30. The van der Waals surface area contributed by atoms with Gasteiger partial charge in [0.25, 0.3) is 5.91 Å². The summed E-state index contributed by atoms with van der Waals surface area (Å²) in [7, 11) is 0. The fourth-order valence-electron chi connectivity index (χ4n) is 3.10. The number of halogens is 2. The average Bonchev–Trinajstić information content (AvgIpc) is 3.07. The van der Waals surface area contributed by atoms with E-state index in [1.165, 1.54) is 12.1 Å². The van der Waals surface area contributed by atoms with Crippen LogP contribution in [0.25, 0.3) is 0 Å². The maximum Gasteiger partial charge on any atom is 0.270 e. The zero-order chi connectivity index (χ0) is 20.4. The lowest BCUT2D eigenvalue weighted by molar-refractivity contribution is -0.123. The summed E-state index contributed by atoms with van der Waals surface area (Å²) in [6.07, 6.45) is -0.739. The average molecular weight is 455 g/mol. The molecule has 3 aromatic carbocycles. The van der Waals surface area contributed by atoms with E-state index in [0.29, 0.717) is 27.8 Å². The Balaban J connectivity index is 1.60. The van der Waals surface area contributed by atoms with Crippen molar-refractivity contribution in [3.05, 3.63) is 88.1 Å². The SMILES string of the molecule is O=C1Cc2ccc(NC(=O)C(Oc3ccc(Br)cc3F)c3ccccc3)cc2N1. The number of carbonyl (C=O) groups is 2. The van der Waals surface area contributed by atoms with Gasteiger partial charge in [-0.05, 0) is 35.9 Å². The summed E-state index contributed by atoms with van der Waals surface area (Å²) >= 11 is 3.20. The van der Waals surface area contributed by atoms with Gasteiger partial charge < -0.3 is 15.4 Å². The van der Waals surface area contributed by atoms with Gasteiger partial charge in [0, 0.05) is 21.4 Å². The fraction of sp³-hybridized carbons (Fsp3) is 0.0909. The summed E-state index contributed by atoms with van der Waals surface area (Å²) < 4.78 is 20.6. The second-order valence-corrected chi connectivity index (χ2v) is 7.49. The van der Waals surface area contributed by atoms with Gasteiger partial charge in [-0.1, -0.05) is 52.3 Å². The van der Waals surface area contributed by atoms with Crippen molar-refractivity contribution in [1.29, 1.82) is 0 Å². The zero-order valence-corrected chi connectivity index (χ0v) is 16.7. The van der Waals surface area contributed by atoms with Crippen LogP contribution in [0, 0.1) is 5.82 Å². The molecule has 0 saturated heterocycles. The van der Waals surface area contributed by atoms with E-state index in [1.807, 2.05) is 6.07 Å². The van der Waals surface area contributed by atoms with Gasteiger partial charge in [0.05, 0.1) is 6.42 Å². The molecule has 2 N–H and O–H groups in total. The van der Waals surface area contributed by atoms with E-state index in [-0.39, 0.29) is 11.7 Å². The molecule has 3 aromatic rings. The summed E-state index contributed by atoms with van der Waals surface area (Å²) in [6, 6.07) is 18.4. The zero-order valence-electron chi connectivity index (χ0n) is 15.1. The number of ether oxygens (including phenoxy) is 1. The summed E-state index contributed by atoms with van der Waals surface area (Å²) in [4.78, 5) is 24.5. The van der Waals surface area contributed by atoms with Crippen molar-refractivity contribution in [1.82, 2.24) is 0 Å². The van der Waals surface area contributed by atoms with E-state index in [9.17, 15) is 14.0 Å². The normalized spacial score (nSPS) is 13.4. The van der Waals surface area contributed by atoms with Gasteiger partial charge in [0.15, 0.2) is 11.6 Å². The molecular weight excluding hydrogens is 439 g/mol. The molecule has 5 nitrogen and oxygen atoms in total. The molecule has 0 aliphatic carbocycles. The first-order chi connectivity index (χ1) is 14.0. The minimum atomic E-state index is -1.06. The van der Waals surface area contributed by atoms with Gasteiger partial charge in [0.1, 0.15) is 0 Å². The minimum absolute atomic E-state index is 0.0292. The predicted molar refractivity (Wildman–Crippen MR) is 111 cm³/mol. The fourth-order valence-corrected chi connectivity index (χ4v) is 3.43. The first-order valence-electron chi connectivity index (χ1n) is 8.90. The van der Waals surface area contributed by atoms with Crippen LogP contribution in [-0.2, 0) is 16.0 Å². The van der Waals surface area contributed by atoms with Gasteiger partial charge in [0.2, 0.25) is 12.0 Å². The van der Waals surface area contributed by atoms with E-state index in [0.717, 1.165) is 5.56 Å². The molecule has 0 bridgehead atoms. The highest BCUT2D eigenvalue weighted by molar-refractivity contribution is 9.10. The monoisotopic (exact) mass is 454 g/mol. The Morgan fingerprint density at radius 2 is 1.90 bits per heavy atom.